The average Bonchev–Trinajstić information content (AvgIpc) is 2.84. The molecule has 138 valence electrons. The average molecular weight is 340 g/mol. The molecule has 2 aliphatic carbocycles. The van der Waals surface area contributed by atoms with Gasteiger partial charge in [-0.3, -0.25) is 0 Å². The van der Waals surface area contributed by atoms with Crippen LogP contribution in [0.1, 0.15) is 60.3 Å². The Hall–Kier alpha value is -1.46. The largest absolute Gasteiger partial charge is 0.442 e. The van der Waals surface area contributed by atoms with E-state index in [0.29, 0.717) is 13.1 Å². The van der Waals surface area contributed by atoms with Crippen LogP contribution in [0.2, 0.25) is 0 Å². The maximum Gasteiger partial charge on any atom is 0.407 e. The van der Waals surface area contributed by atoms with Crippen molar-refractivity contribution in [2.45, 2.75) is 72.5 Å². The summed E-state index contributed by atoms with van der Waals surface area (Å²) in [5, 5.41) is 5.50. The highest BCUT2D eigenvalue weighted by Crippen LogP contribution is 2.66. The highest BCUT2D eigenvalue weighted by molar-refractivity contribution is 5.69. The Morgan fingerprint density at radius 1 is 1.00 bits per heavy atom. The van der Waals surface area contributed by atoms with Crippen LogP contribution in [0.15, 0.2) is 0 Å². The standard InChI is InChI=1S/C18H32N2O4/c1-6-10-19-15(21)23-13-12-8-9-18(5,17(12,3)4)14(13)24-16(22)20-11-7-2/h12-14H,6-11H2,1-5H3,(H,19,21)(H,20,22)/t12-,13+,14+,18+/m1/s1. The molecule has 2 N–H and O–H groups in total. The lowest BCUT2D eigenvalue weighted by molar-refractivity contribution is -0.0641. The molecule has 0 aromatic carbocycles. The van der Waals surface area contributed by atoms with E-state index in [2.05, 4.69) is 31.4 Å². The van der Waals surface area contributed by atoms with Gasteiger partial charge in [-0.15, -0.1) is 0 Å². The minimum atomic E-state index is -0.422. The minimum Gasteiger partial charge on any atom is -0.442 e. The Balaban J connectivity index is 2.13. The molecule has 0 aromatic rings. The Bertz CT molecular complexity index is 480. The third-order valence-electron chi connectivity index (χ3n) is 6.21. The molecule has 0 spiro atoms. The SMILES string of the molecule is CCCNC(=O)O[C@H]1[C@H]2CC[C@@](C)([C@H]1OC(=O)NCCC)C2(C)C. The number of amides is 2. The van der Waals surface area contributed by atoms with E-state index in [1.165, 1.54) is 0 Å². The van der Waals surface area contributed by atoms with Gasteiger partial charge in [-0.25, -0.2) is 9.59 Å². The number of hydrogen-bond acceptors (Lipinski definition) is 4. The van der Waals surface area contributed by atoms with Crippen LogP contribution in [-0.2, 0) is 9.47 Å². The zero-order chi connectivity index (χ0) is 18.0. The summed E-state index contributed by atoms with van der Waals surface area (Å²) >= 11 is 0. The second-order valence-electron chi connectivity index (χ2n) is 7.83. The first-order chi connectivity index (χ1) is 11.3. The van der Waals surface area contributed by atoms with Gasteiger partial charge in [0, 0.05) is 24.4 Å². The molecular weight excluding hydrogens is 308 g/mol. The quantitative estimate of drug-likeness (QED) is 0.776. The molecule has 0 unspecified atom stereocenters. The second-order valence-corrected chi connectivity index (χ2v) is 7.83. The normalized spacial score (nSPS) is 33.1. The van der Waals surface area contributed by atoms with Gasteiger partial charge in [0.2, 0.25) is 0 Å². The van der Waals surface area contributed by atoms with E-state index in [1.807, 2.05) is 13.8 Å². The van der Waals surface area contributed by atoms with E-state index in [0.717, 1.165) is 25.7 Å². The van der Waals surface area contributed by atoms with Crippen molar-refractivity contribution < 1.29 is 19.1 Å². The Morgan fingerprint density at radius 2 is 1.54 bits per heavy atom. The molecule has 6 nitrogen and oxygen atoms in total. The summed E-state index contributed by atoms with van der Waals surface area (Å²) in [5.41, 5.74) is -0.227. The molecule has 4 atom stereocenters. The lowest BCUT2D eigenvalue weighted by Gasteiger charge is -2.38. The van der Waals surface area contributed by atoms with Crippen LogP contribution < -0.4 is 10.6 Å². The molecule has 2 amide bonds. The topological polar surface area (TPSA) is 76.7 Å². The van der Waals surface area contributed by atoms with Crippen molar-refractivity contribution in [2.75, 3.05) is 13.1 Å². The fourth-order valence-electron chi connectivity index (χ4n) is 4.34. The molecule has 0 aromatic heterocycles. The predicted octanol–water partition coefficient (Wildman–Crippen LogP) is 3.45. The first kappa shape index (κ1) is 18.9. The van der Waals surface area contributed by atoms with Crippen LogP contribution in [-0.4, -0.2) is 37.5 Å². The van der Waals surface area contributed by atoms with Crippen molar-refractivity contribution in [3.63, 3.8) is 0 Å². The molecule has 6 heteroatoms. The molecule has 0 heterocycles. The number of alkyl carbamates (subject to hydrolysis) is 2. The summed E-state index contributed by atoms with van der Waals surface area (Å²) < 4.78 is 11.5. The van der Waals surface area contributed by atoms with Crippen molar-refractivity contribution in [1.82, 2.24) is 10.6 Å². The Kier molecular flexibility index (Phi) is 5.66. The van der Waals surface area contributed by atoms with Gasteiger partial charge < -0.3 is 20.1 Å². The summed E-state index contributed by atoms with van der Waals surface area (Å²) in [6, 6.07) is 0. The van der Waals surface area contributed by atoms with Crippen LogP contribution >= 0.6 is 0 Å². The third kappa shape index (κ3) is 3.20. The van der Waals surface area contributed by atoms with Crippen molar-refractivity contribution in [2.24, 2.45) is 16.7 Å². The minimum absolute atomic E-state index is 0.0432. The molecule has 2 aliphatic rings. The summed E-state index contributed by atoms with van der Waals surface area (Å²) in [7, 11) is 0. The molecule has 2 fully saturated rings. The van der Waals surface area contributed by atoms with Crippen LogP contribution in [0.4, 0.5) is 9.59 Å². The Labute approximate surface area is 145 Å². The van der Waals surface area contributed by atoms with Crippen LogP contribution in [0.5, 0.6) is 0 Å². The van der Waals surface area contributed by atoms with E-state index >= 15 is 0 Å². The Morgan fingerprint density at radius 3 is 2.08 bits per heavy atom. The highest BCUT2D eigenvalue weighted by Gasteiger charge is 2.69. The highest BCUT2D eigenvalue weighted by atomic mass is 16.6. The molecule has 0 saturated heterocycles. The summed E-state index contributed by atoms with van der Waals surface area (Å²) in [4.78, 5) is 24.2. The lowest BCUT2D eigenvalue weighted by atomic mass is 9.70. The zero-order valence-electron chi connectivity index (χ0n) is 15.6. The monoisotopic (exact) mass is 340 g/mol. The van der Waals surface area contributed by atoms with E-state index in [1.54, 1.807) is 0 Å². The zero-order valence-corrected chi connectivity index (χ0v) is 15.6. The lowest BCUT2D eigenvalue weighted by Crippen LogP contribution is -2.47. The summed E-state index contributed by atoms with van der Waals surface area (Å²) in [6.07, 6.45) is 2.04. The van der Waals surface area contributed by atoms with Gasteiger partial charge in [-0.05, 0) is 31.1 Å². The van der Waals surface area contributed by atoms with E-state index < -0.39 is 18.3 Å². The number of fused-ring (bicyclic) bond motifs is 2. The first-order valence-electron chi connectivity index (χ1n) is 9.17. The van der Waals surface area contributed by atoms with Crippen molar-refractivity contribution in [3.8, 4) is 0 Å². The van der Waals surface area contributed by atoms with Gasteiger partial charge in [0.05, 0.1) is 0 Å². The smallest absolute Gasteiger partial charge is 0.407 e. The second kappa shape index (κ2) is 7.19. The third-order valence-corrected chi connectivity index (χ3v) is 6.21. The molecule has 0 aliphatic heterocycles. The van der Waals surface area contributed by atoms with E-state index in [-0.39, 0.29) is 22.9 Å². The van der Waals surface area contributed by atoms with Crippen molar-refractivity contribution in [1.29, 1.82) is 0 Å². The summed E-state index contributed by atoms with van der Waals surface area (Å²) in [6.45, 7) is 11.7. The van der Waals surface area contributed by atoms with Crippen molar-refractivity contribution in [3.05, 3.63) is 0 Å². The van der Waals surface area contributed by atoms with Gasteiger partial charge in [-0.2, -0.15) is 0 Å². The first-order valence-corrected chi connectivity index (χ1v) is 9.17. The number of hydrogen-bond donors (Lipinski definition) is 2. The maximum atomic E-state index is 12.1. The fourth-order valence-corrected chi connectivity index (χ4v) is 4.34. The van der Waals surface area contributed by atoms with Gasteiger partial charge in [0.15, 0.2) is 0 Å². The van der Waals surface area contributed by atoms with Crippen molar-refractivity contribution >= 4 is 12.2 Å². The predicted molar refractivity (Wildman–Crippen MR) is 91.7 cm³/mol. The number of ether oxygens (including phenoxy) is 2. The van der Waals surface area contributed by atoms with Gasteiger partial charge >= 0.3 is 12.2 Å². The molecular formula is C18H32N2O4. The number of carbonyl (C=O) groups excluding carboxylic acids is 2. The summed E-state index contributed by atoms with van der Waals surface area (Å²) in [5.74, 6) is 0.207. The van der Waals surface area contributed by atoms with E-state index in [4.69, 9.17) is 9.47 Å². The molecule has 24 heavy (non-hydrogen) atoms. The van der Waals surface area contributed by atoms with Crippen LogP contribution in [0.25, 0.3) is 0 Å². The number of carbonyl (C=O) groups is 2. The molecule has 0 radical (unpaired) electrons. The number of rotatable bonds is 6. The maximum absolute atomic E-state index is 12.1. The van der Waals surface area contributed by atoms with Gasteiger partial charge in [0.25, 0.3) is 0 Å². The number of nitrogens with one attached hydrogen (secondary N) is 2. The van der Waals surface area contributed by atoms with Gasteiger partial charge in [-0.1, -0.05) is 34.6 Å². The van der Waals surface area contributed by atoms with Crippen LogP contribution in [0.3, 0.4) is 0 Å². The van der Waals surface area contributed by atoms with Gasteiger partial charge in [0.1, 0.15) is 12.2 Å². The molecule has 2 saturated carbocycles. The molecule has 2 rings (SSSR count). The molecule has 2 bridgehead atoms. The van der Waals surface area contributed by atoms with Crippen LogP contribution in [0, 0.1) is 16.7 Å². The fraction of sp³-hybridized carbons (Fsp3) is 0.889. The van der Waals surface area contributed by atoms with E-state index in [9.17, 15) is 9.59 Å².